The molecule has 0 saturated heterocycles. The van der Waals surface area contributed by atoms with Gasteiger partial charge in [-0.3, -0.25) is 4.79 Å². The fourth-order valence-corrected chi connectivity index (χ4v) is 1.42. The minimum absolute atomic E-state index is 0.169. The Morgan fingerprint density at radius 2 is 1.81 bits per heavy atom. The molecule has 0 rings (SSSR count). The van der Waals surface area contributed by atoms with Crippen molar-refractivity contribution < 1.29 is 14.3 Å². The summed E-state index contributed by atoms with van der Waals surface area (Å²) < 4.78 is 10.4. The predicted octanol–water partition coefficient (Wildman–Crippen LogP) is 1.37. The van der Waals surface area contributed by atoms with E-state index in [2.05, 4.69) is 6.92 Å². The number of Topliss-reactive ketones (excluding diaryl/α,β-unsaturated/α-hetero) is 1. The van der Waals surface area contributed by atoms with Crippen LogP contribution < -0.4 is 5.73 Å². The zero-order valence-corrected chi connectivity index (χ0v) is 10.5. The number of hydrogen-bond acceptors (Lipinski definition) is 4. The van der Waals surface area contributed by atoms with E-state index < -0.39 is 0 Å². The second kappa shape index (κ2) is 11.0. The molecule has 0 heterocycles. The highest BCUT2D eigenvalue weighted by Crippen LogP contribution is 2.08. The SMILES string of the molecule is CCCC(C)C(=O)CCOCCOCCN. The molecule has 0 spiro atoms. The molecule has 1 atom stereocenters. The van der Waals surface area contributed by atoms with Gasteiger partial charge in [-0.25, -0.2) is 0 Å². The van der Waals surface area contributed by atoms with Gasteiger partial charge in [0, 0.05) is 18.9 Å². The fourth-order valence-electron chi connectivity index (χ4n) is 1.42. The standard InChI is InChI=1S/C12H25NO3/c1-3-4-11(2)12(14)5-7-15-9-10-16-8-6-13/h11H,3-10,13H2,1-2H3. The van der Waals surface area contributed by atoms with Crippen molar-refractivity contribution in [3.05, 3.63) is 0 Å². The van der Waals surface area contributed by atoms with Gasteiger partial charge in [-0.15, -0.1) is 0 Å². The second-order valence-electron chi connectivity index (χ2n) is 3.92. The molecule has 0 amide bonds. The number of ether oxygens (including phenoxy) is 2. The Bertz CT molecular complexity index is 174. The summed E-state index contributed by atoms with van der Waals surface area (Å²) in [6.07, 6.45) is 2.54. The lowest BCUT2D eigenvalue weighted by atomic mass is 9.99. The lowest BCUT2D eigenvalue weighted by Gasteiger charge is -2.09. The van der Waals surface area contributed by atoms with E-state index in [-0.39, 0.29) is 5.92 Å². The molecular formula is C12H25NO3. The average molecular weight is 231 g/mol. The van der Waals surface area contributed by atoms with Gasteiger partial charge in [0.2, 0.25) is 0 Å². The summed E-state index contributed by atoms with van der Waals surface area (Å²) in [5, 5.41) is 0. The van der Waals surface area contributed by atoms with Crippen LogP contribution in [0.2, 0.25) is 0 Å². The smallest absolute Gasteiger partial charge is 0.137 e. The van der Waals surface area contributed by atoms with Gasteiger partial charge in [-0.1, -0.05) is 20.3 Å². The van der Waals surface area contributed by atoms with Crippen molar-refractivity contribution in [1.29, 1.82) is 0 Å². The van der Waals surface area contributed by atoms with E-state index in [4.69, 9.17) is 15.2 Å². The number of carbonyl (C=O) groups is 1. The molecule has 0 aliphatic carbocycles. The summed E-state index contributed by atoms with van der Waals surface area (Å²) in [5.41, 5.74) is 5.26. The quantitative estimate of drug-likeness (QED) is 0.546. The van der Waals surface area contributed by atoms with Gasteiger partial charge in [-0.05, 0) is 6.42 Å². The van der Waals surface area contributed by atoms with Gasteiger partial charge >= 0.3 is 0 Å². The number of nitrogens with two attached hydrogens (primary N) is 1. The maximum absolute atomic E-state index is 11.5. The van der Waals surface area contributed by atoms with Gasteiger partial charge in [-0.2, -0.15) is 0 Å². The van der Waals surface area contributed by atoms with Gasteiger partial charge in [0.25, 0.3) is 0 Å². The maximum atomic E-state index is 11.5. The molecule has 0 fully saturated rings. The van der Waals surface area contributed by atoms with Crippen LogP contribution >= 0.6 is 0 Å². The van der Waals surface area contributed by atoms with Crippen LogP contribution in [0.15, 0.2) is 0 Å². The largest absolute Gasteiger partial charge is 0.379 e. The van der Waals surface area contributed by atoms with E-state index >= 15 is 0 Å². The topological polar surface area (TPSA) is 61.5 Å². The fraction of sp³-hybridized carbons (Fsp3) is 0.917. The molecule has 0 aromatic rings. The molecular weight excluding hydrogens is 206 g/mol. The molecule has 0 aromatic heterocycles. The van der Waals surface area contributed by atoms with Crippen LogP contribution in [0.4, 0.5) is 0 Å². The first kappa shape index (κ1) is 15.6. The summed E-state index contributed by atoms with van der Waals surface area (Å²) in [5.74, 6) is 0.465. The van der Waals surface area contributed by atoms with Gasteiger partial charge < -0.3 is 15.2 Å². The van der Waals surface area contributed by atoms with Crippen LogP contribution in [-0.4, -0.2) is 38.8 Å². The first-order chi connectivity index (χ1) is 7.72. The lowest BCUT2D eigenvalue weighted by Crippen LogP contribution is -2.15. The Hall–Kier alpha value is -0.450. The number of ketones is 1. The molecule has 16 heavy (non-hydrogen) atoms. The Labute approximate surface area is 98.5 Å². The van der Waals surface area contributed by atoms with Crippen LogP contribution in [0, 0.1) is 5.92 Å². The van der Waals surface area contributed by atoms with Crippen molar-refractivity contribution in [3.63, 3.8) is 0 Å². The molecule has 4 nitrogen and oxygen atoms in total. The molecule has 0 bridgehead atoms. The van der Waals surface area contributed by atoms with Crippen molar-refractivity contribution in [3.8, 4) is 0 Å². The van der Waals surface area contributed by atoms with E-state index in [0.717, 1.165) is 12.8 Å². The third-order valence-electron chi connectivity index (χ3n) is 2.40. The van der Waals surface area contributed by atoms with Crippen LogP contribution in [-0.2, 0) is 14.3 Å². The Morgan fingerprint density at radius 1 is 1.19 bits per heavy atom. The van der Waals surface area contributed by atoms with Crippen molar-refractivity contribution in [2.75, 3.05) is 33.0 Å². The molecule has 0 aliphatic rings. The summed E-state index contributed by atoms with van der Waals surface area (Å²) in [6, 6.07) is 0. The van der Waals surface area contributed by atoms with E-state index in [9.17, 15) is 4.79 Å². The maximum Gasteiger partial charge on any atom is 0.137 e. The molecule has 96 valence electrons. The van der Waals surface area contributed by atoms with Crippen LogP contribution in [0.25, 0.3) is 0 Å². The molecule has 0 aromatic carbocycles. The van der Waals surface area contributed by atoms with E-state index in [1.54, 1.807) is 0 Å². The summed E-state index contributed by atoms with van der Waals surface area (Å²) in [7, 11) is 0. The van der Waals surface area contributed by atoms with Gasteiger partial charge in [0.05, 0.1) is 26.4 Å². The molecule has 0 aliphatic heterocycles. The number of rotatable bonds is 11. The normalized spacial score (nSPS) is 12.7. The Morgan fingerprint density at radius 3 is 2.38 bits per heavy atom. The van der Waals surface area contributed by atoms with Crippen molar-refractivity contribution >= 4 is 5.78 Å². The first-order valence-electron chi connectivity index (χ1n) is 6.10. The van der Waals surface area contributed by atoms with E-state index in [1.165, 1.54) is 0 Å². The van der Waals surface area contributed by atoms with Gasteiger partial charge in [0.1, 0.15) is 5.78 Å². The summed E-state index contributed by atoms with van der Waals surface area (Å²) in [4.78, 5) is 11.5. The summed E-state index contributed by atoms with van der Waals surface area (Å²) in [6.45, 7) is 6.76. The predicted molar refractivity (Wildman–Crippen MR) is 64.4 cm³/mol. The first-order valence-corrected chi connectivity index (χ1v) is 6.10. The molecule has 1 unspecified atom stereocenters. The number of carbonyl (C=O) groups excluding carboxylic acids is 1. The minimum atomic E-state index is 0.169. The Balaban J connectivity index is 3.27. The van der Waals surface area contributed by atoms with Crippen molar-refractivity contribution in [2.45, 2.75) is 33.1 Å². The third kappa shape index (κ3) is 8.83. The van der Waals surface area contributed by atoms with Gasteiger partial charge in [0.15, 0.2) is 0 Å². The second-order valence-corrected chi connectivity index (χ2v) is 3.92. The molecule has 4 heteroatoms. The van der Waals surface area contributed by atoms with Crippen LogP contribution in [0.1, 0.15) is 33.1 Å². The highest BCUT2D eigenvalue weighted by Gasteiger charge is 2.10. The average Bonchev–Trinajstić information content (AvgIpc) is 2.28. The molecule has 0 radical (unpaired) electrons. The van der Waals surface area contributed by atoms with Crippen molar-refractivity contribution in [2.24, 2.45) is 11.7 Å². The van der Waals surface area contributed by atoms with E-state index in [0.29, 0.717) is 45.2 Å². The van der Waals surface area contributed by atoms with Crippen LogP contribution in [0.3, 0.4) is 0 Å². The number of hydrogen-bond donors (Lipinski definition) is 1. The Kier molecular flexibility index (Phi) is 10.7. The third-order valence-corrected chi connectivity index (χ3v) is 2.40. The monoisotopic (exact) mass is 231 g/mol. The zero-order valence-electron chi connectivity index (χ0n) is 10.5. The highest BCUT2D eigenvalue weighted by atomic mass is 16.5. The van der Waals surface area contributed by atoms with Crippen molar-refractivity contribution in [1.82, 2.24) is 0 Å². The highest BCUT2D eigenvalue weighted by molar-refractivity contribution is 5.80. The van der Waals surface area contributed by atoms with E-state index in [1.807, 2.05) is 6.92 Å². The lowest BCUT2D eigenvalue weighted by molar-refractivity contribution is -0.123. The summed E-state index contributed by atoms with van der Waals surface area (Å²) >= 11 is 0. The molecule has 2 N–H and O–H groups in total. The zero-order chi connectivity index (χ0) is 12.2. The molecule has 0 saturated carbocycles. The van der Waals surface area contributed by atoms with Crippen LogP contribution in [0.5, 0.6) is 0 Å². The minimum Gasteiger partial charge on any atom is -0.379 e.